The lowest BCUT2D eigenvalue weighted by molar-refractivity contribution is -0.116. The fraction of sp³-hybridized carbons (Fsp3) is 0.409. The van der Waals surface area contributed by atoms with E-state index in [9.17, 15) is 22.0 Å². The molecule has 0 radical (unpaired) electrons. The molecule has 31 heavy (non-hydrogen) atoms. The van der Waals surface area contributed by atoms with E-state index in [2.05, 4.69) is 5.32 Å². The number of ether oxygens (including phenoxy) is 1. The number of benzene rings is 2. The number of anilines is 1. The number of nitrogens with one attached hydrogen (secondary N) is 1. The molecular formula is C22H26F2N2O4S. The quantitative estimate of drug-likeness (QED) is 0.654. The molecule has 9 heteroatoms. The Balaban J connectivity index is 1.75. The molecule has 2 aromatic carbocycles. The van der Waals surface area contributed by atoms with Crippen LogP contribution in [0.3, 0.4) is 0 Å². The molecule has 1 aliphatic heterocycles. The summed E-state index contributed by atoms with van der Waals surface area (Å²) >= 11 is 0. The number of rotatable bonds is 8. The zero-order valence-corrected chi connectivity index (χ0v) is 18.2. The highest BCUT2D eigenvalue weighted by atomic mass is 32.2. The summed E-state index contributed by atoms with van der Waals surface area (Å²) in [6.07, 6.45) is 2.88. The number of halogens is 2. The van der Waals surface area contributed by atoms with Crippen LogP contribution in [-0.2, 0) is 21.2 Å². The Morgan fingerprint density at radius 1 is 1.06 bits per heavy atom. The Bertz CT molecular complexity index is 1040. The van der Waals surface area contributed by atoms with Crippen LogP contribution < -0.4 is 10.1 Å². The molecule has 1 amide bonds. The van der Waals surface area contributed by atoms with E-state index in [4.69, 9.17) is 4.74 Å². The maximum absolute atomic E-state index is 13.3. The Hall–Kier alpha value is -2.52. The van der Waals surface area contributed by atoms with Crippen LogP contribution in [0.15, 0.2) is 41.3 Å². The zero-order chi connectivity index (χ0) is 22.4. The zero-order valence-electron chi connectivity index (χ0n) is 17.4. The molecule has 0 aliphatic carbocycles. The predicted octanol–water partition coefficient (Wildman–Crippen LogP) is 4.11. The minimum Gasteiger partial charge on any atom is -0.492 e. The normalized spacial score (nSPS) is 14.9. The van der Waals surface area contributed by atoms with Gasteiger partial charge in [0.05, 0.1) is 17.2 Å². The van der Waals surface area contributed by atoms with Crippen molar-refractivity contribution in [3.05, 3.63) is 53.6 Å². The van der Waals surface area contributed by atoms with E-state index in [1.165, 1.54) is 28.6 Å². The van der Waals surface area contributed by atoms with Crippen LogP contribution in [-0.4, -0.2) is 38.3 Å². The van der Waals surface area contributed by atoms with Gasteiger partial charge in [-0.1, -0.05) is 12.5 Å². The first kappa shape index (κ1) is 23.1. The SMILES string of the molecule is CCOc1ccc(S(=O)(=O)N2CCCCC2)cc1NC(=O)CCc1ccc(F)c(F)c1. The van der Waals surface area contributed by atoms with Gasteiger partial charge in [0.2, 0.25) is 15.9 Å². The largest absolute Gasteiger partial charge is 0.492 e. The summed E-state index contributed by atoms with van der Waals surface area (Å²) < 4.78 is 59.3. The molecule has 0 saturated carbocycles. The summed E-state index contributed by atoms with van der Waals surface area (Å²) in [4.78, 5) is 12.6. The first-order valence-corrected chi connectivity index (χ1v) is 11.8. The summed E-state index contributed by atoms with van der Waals surface area (Å²) in [5, 5.41) is 2.69. The van der Waals surface area contributed by atoms with E-state index < -0.39 is 27.6 Å². The van der Waals surface area contributed by atoms with Gasteiger partial charge in [0.1, 0.15) is 5.75 Å². The van der Waals surface area contributed by atoms with E-state index in [1.54, 1.807) is 6.92 Å². The van der Waals surface area contributed by atoms with Gasteiger partial charge in [-0.3, -0.25) is 4.79 Å². The maximum atomic E-state index is 13.3. The average Bonchev–Trinajstić information content (AvgIpc) is 2.76. The molecule has 0 unspecified atom stereocenters. The van der Waals surface area contributed by atoms with Crippen molar-refractivity contribution < 1.29 is 26.7 Å². The highest BCUT2D eigenvalue weighted by Gasteiger charge is 2.27. The molecule has 168 valence electrons. The van der Waals surface area contributed by atoms with E-state index >= 15 is 0 Å². The molecule has 2 aromatic rings. The number of sulfonamides is 1. The molecule has 6 nitrogen and oxygen atoms in total. The smallest absolute Gasteiger partial charge is 0.243 e. The standard InChI is InChI=1S/C22H26F2N2O4S/c1-2-30-21-10-8-17(31(28,29)26-12-4-3-5-13-26)15-20(21)25-22(27)11-7-16-6-9-18(23)19(24)14-16/h6,8-10,14-15H,2-5,7,11-13H2,1H3,(H,25,27). The van der Waals surface area contributed by atoms with Gasteiger partial charge in [-0.25, -0.2) is 17.2 Å². The highest BCUT2D eigenvalue weighted by Crippen LogP contribution is 2.30. The van der Waals surface area contributed by atoms with Gasteiger partial charge < -0.3 is 10.1 Å². The topological polar surface area (TPSA) is 75.7 Å². The van der Waals surface area contributed by atoms with Gasteiger partial charge in [0.25, 0.3) is 0 Å². The molecule has 1 fully saturated rings. The lowest BCUT2D eigenvalue weighted by Gasteiger charge is -2.26. The maximum Gasteiger partial charge on any atom is 0.243 e. The second-order valence-corrected chi connectivity index (χ2v) is 9.29. The summed E-state index contributed by atoms with van der Waals surface area (Å²) in [7, 11) is -3.67. The van der Waals surface area contributed by atoms with E-state index in [1.807, 2.05) is 0 Å². The molecular weight excluding hydrogens is 426 g/mol. The number of carbonyl (C=O) groups is 1. The summed E-state index contributed by atoms with van der Waals surface area (Å²) in [5.74, 6) is -1.94. The first-order valence-electron chi connectivity index (χ1n) is 10.3. The van der Waals surface area contributed by atoms with Crippen LogP contribution in [0.25, 0.3) is 0 Å². The number of hydrogen-bond acceptors (Lipinski definition) is 4. The average molecular weight is 453 g/mol. The molecule has 3 rings (SSSR count). The van der Waals surface area contributed by atoms with Crippen LogP contribution in [0.4, 0.5) is 14.5 Å². The Morgan fingerprint density at radius 3 is 2.48 bits per heavy atom. The number of piperidine rings is 1. The van der Waals surface area contributed by atoms with Gasteiger partial charge in [-0.2, -0.15) is 4.31 Å². The van der Waals surface area contributed by atoms with Gasteiger partial charge in [-0.05, 0) is 62.1 Å². The number of carbonyl (C=O) groups excluding carboxylic acids is 1. The second kappa shape index (κ2) is 10.2. The Kier molecular flexibility index (Phi) is 7.61. The van der Waals surface area contributed by atoms with E-state index in [0.717, 1.165) is 31.4 Å². The molecule has 0 bridgehead atoms. The monoisotopic (exact) mass is 452 g/mol. The van der Waals surface area contributed by atoms with Crippen molar-refractivity contribution >= 4 is 21.6 Å². The molecule has 1 aliphatic rings. The van der Waals surface area contributed by atoms with Crippen molar-refractivity contribution in [2.24, 2.45) is 0 Å². The van der Waals surface area contributed by atoms with E-state index in [0.29, 0.717) is 31.0 Å². The van der Waals surface area contributed by atoms with Crippen molar-refractivity contribution in [3.8, 4) is 5.75 Å². The predicted molar refractivity (Wildman–Crippen MR) is 114 cm³/mol. The van der Waals surface area contributed by atoms with Crippen LogP contribution in [0.2, 0.25) is 0 Å². The van der Waals surface area contributed by atoms with Gasteiger partial charge in [-0.15, -0.1) is 0 Å². The molecule has 1 N–H and O–H groups in total. The van der Waals surface area contributed by atoms with Crippen molar-refractivity contribution in [1.29, 1.82) is 0 Å². The molecule has 1 saturated heterocycles. The van der Waals surface area contributed by atoms with Crippen LogP contribution >= 0.6 is 0 Å². The van der Waals surface area contributed by atoms with Gasteiger partial charge in [0, 0.05) is 19.5 Å². The Morgan fingerprint density at radius 2 is 1.81 bits per heavy atom. The van der Waals surface area contributed by atoms with Crippen molar-refractivity contribution in [2.75, 3.05) is 25.0 Å². The third-order valence-electron chi connectivity index (χ3n) is 5.10. The third-order valence-corrected chi connectivity index (χ3v) is 7.00. The second-order valence-electron chi connectivity index (χ2n) is 7.35. The molecule has 0 atom stereocenters. The van der Waals surface area contributed by atoms with Gasteiger partial charge >= 0.3 is 0 Å². The fourth-order valence-electron chi connectivity index (χ4n) is 3.47. The summed E-state index contributed by atoms with van der Waals surface area (Å²) in [5.41, 5.74) is 0.746. The molecule has 0 aromatic heterocycles. The fourth-order valence-corrected chi connectivity index (χ4v) is 5.01. The highest BCUT2D eigenvalue weighted by molar-refractivity contribution is 7.89. The van der Waals surface area contributed by atoms with Gasteiger partial charge in [0.15, 0.2) is 11.6 Å². The van der Waals surface area contributed by atoms with E-state index in [-0.39, 0.29) is 23.4 Å². The molecule has 0 spiro atoms. The van der Waals surface area contributed by atoms with Crippen LogP contribution in [0, 0.1) is 11.6 Å². The lowest BCUT2D eigenvalue weighted by atomic mass is 10.1. The summed E-state index contributed by atoms with van der Waals surface area (Å²) in [6.45, 7) is 3.08. The van der Waals surface area contributed by atoms with Crippen LogP contribution in [0.1, 0.15) is 38.2 Å². The third kappa shape index (κ3) is 5.80. The number of aryl methyl sites for hydroxylation is 1. The molecule has 1 heterocycles. The summed E-state index contributed by atoms with van der Waals surface area (Å²) in [6, 6.07) is 7.91. The number of nitrogens with zero attached hydrogens (tertiary/aromatic N) is 1. The minimum atomic E-state index is -3.67. The van der Waals surface area contributed by atoms with Crippen molar-refractivity contribution in [2.45, 2.75) is 43.9 Å². The first-order chi connectivity index (χ1) is 14.8. The lowest BCUT2D eigenvalue weighted by Crippen LogP contribution is -2.35. The Labute approximate surface area is 181 Å². The van der Waals surface area contributed by atoms with Crippen molar-refractivity contribution in [1.82, 2.24) is 4.31 Å². The number of hydrogen-bond donors (Lipinski definition) is 1. The minimum absolute atomic E-state index is 0.0136. The van der Waals surface area contributed by atoms with Crippen molar-refractivity contribution in [3.63, 3.8) is 0 Å². The number of amides is 1. The van der Waals surface area contributed by atoms with Crippen LogP contribution in [0.5, 0.6) is 5.75 Å².